The molecule has 2 atom stereocenters. The van der Waals surface area contributed by atoms with Gasteiger partial charge in [0.1, 0.15) is 0 Å². The van der Waals surface area contributed by atoms with E-state index < -0.39 is 0 Å². The highest BCUT2D eigenvalue weighted by molar-refractivity contribution is 5.96. The predicted octanol–water partition coefficient (Wildman–Crippen LogP) is 2.14. The van der Waals surface area contributed by atoms with Crippen LogP contribution in [0, 0.1) is 12.8 Å². The molecule has 1 rings (SSSR count). The maximum atomic E-state index is 12.0. The van der Waals surface area contributed by atoms with Crippen molar-refractivity contribution in [2.45, 2.75) is 40.2 Å². The molecule has 1 amide bonds. The summed E-state index contributed by atoms with van der Waals surface area (Å²) in [6.45, 7) is 8.05. The van der Waals surface area contributed by atoms with E-state index in [1.165, 1.54) is 0 Å². The normalized spacial score (nSPS) is 14.1. The largest absolute Gasteiger partial charge is 0.397 e. The number of nitrogens with one attached hydrogen (secondary N) is 1. The van der Waals surface area contributed by atoms with Gasteiger partial charge in [-0.3, -0.25) is 9.78 Å². The van der Waals surface area contributed by atoms with Gasteiger partial charge in [-0.1, -0.05) is 20.3 Å². The Balaban J connectivity index is 2.79. The lowest BCUT2D eigenvalue weighted by atomic mass is 10.0. The van der Waals surface area contributed by atoms with Gasteiger partial charge in [0.05, 0.1) is 23.1 Å². The highest BCUT2D eigenvalue weighted by atomic mass is 16.1. The van der Waals surface area contributed by atoms with E-state index in [4.69, 9.17) is 5.73 Å². The fraction of sp³-hybridized carbons (Fsp3) is 0.538. The summed E-state index contributed by atoms with van der Waals surface area (Å²) in [5, 5.41) is 2.98. The molecule has 2 unspecified atom stereocenters. The van der Waals surface area contributed by atoms with E-state index in [1.54, 1.807) is 12.3 Å². The van der Waals surface area contributed by atoms with Gasteiger partial charge in [-0.2, -0.15) is 0 Å². The molecular formula is C13H21N3O. The Kier molecular flexibility index (Phi) is 4.49. The number of amides is 1. The number of rotatable bonds is 4. The molecule has 0 radical (unpaired) electrons. The van der Waals surface area contributed by atoms with Gasteiger partial charge in [0.2, 0.25) is 0 Å². The van der Waals surface area contributed by atoms with E-state index >= 15 is 0 Å². The second-order valence-corrected chi connectivity index (χ2v) is 4.55. The average Bonchev–Trinajstić information content (AvgIpc) is 2.30. The minimum absolute atomic E-state index is 0.102. The van der Waals surface area contributed by atoms with Crippen molar-refractivity contribution < 1.29 is 4.79 Å². The number of pyridine rings is 1. The van der Waals surface area contributed by atoms with Crippen LogP contribution in [0.25, 0.3) is 0 Å². The smallest absolute Gasteiger partial charge is 0.253 e. The van der Waals surface area contributed by atoms with E-state index in [2.05, 4.69) is 24.1 Å². The summed E-state index contributed by atoms with van der Waals surface area (Å²) in [7, 11) is 0. The van der Waals surface area contributed by atoms with Gasteiger partial charge in [-0.15, -0.1) is 0 Å². The average molecular weight is 235 g/mol. The number of carbonyl (C=O) groups excluding carboxylic acids is 1. The molecule has 94 valence electrons. The number of aryl methyl sites for hydroxylation is 1. The van der Waals surface area contributed by atoms with Crippen molar-refractivity contribution >= 4 is 11.6 Å². The summed E-state index contributed by atoms with van der Waals surface area (Å²) in [6, 6.07) is 1.81. The molecule has 0 fully saturated rings. The first-order chi connectivity index (χ1) is 7.95. The Hall–Kier alpha value is -1.58. The van der Waals surface area contributed by atoms with Crippen molar-refractivity contribution in [1.82, 2.24) is 10.3 Å². The van der Waals surface area contributed by atoms with Crippen LogP contribution in [0.3, 0.4) is 0 Å². The minimum Gasteiger partial charge on any atom is -0.397 e. The van der Waals surface area contributed by atoms with Crippen LogP contribution in [0.4, 0.5) is 5.69 Å². The van der Waals surface area contributed by atoms with Gasteiger partial charge in [0.15, 0.2) is 0 Å². The topological polar surface area (TPSA) is 68.0 Å². The molecule has 17 heavy (non-hydrogen) atoms. The van der Waals surface area contributed by atoms with E-state index in [9.17, 15) is 4.79 Å². The Morgan fingerprint density at radius 2 is 2.18 bits per heavy atom. The van der Waals surface area contributed by atoms with E-state index in [1.807, 2.05) is 13.8 Å². The van der Waals surface area contributed by atoms with Crippen LogP contribution in [0.2, 0.25) is 0 Å². The first-order valence-electron chi connectivity index (χ1n) is 5.98. The Morgan fingerprint density at radius 1 is 1.53 bits per heavy atom. The molecule has 3 N–H and O–H groups in total. The molecule has 0 spiro atoms. The van der Waals surface area contributed by atoms with Crippen LogP contribution in [0.1, 0.15) is 43.2 Å². The molecule has 0 aliphatic rings. The van der Waals surface area contributed by atoms with Crippen LogP contribution in [-0.2, 0) is 0 Å². The van der Waals surface area contributed by atoms with Gasteiger partial charge < -0.3 is 11.1 Å². The van der Waals surface area contributed by atoms with Crippen molar-refractivity contribution in [2.75, 3.05) is 5.73 Å². The predicted molar refractivity (Wildman–Crippen MR) is 69.8 cm³/mol. The second-order valence-electron chi connectivity index (χ2n) is 4.55. The van der Waals surface area contributed by atoms with Gasteiger partial charge in [0, 0.05) is 6.04 Å². The number of aromatic nitrogens is 1. The van der Waals surface area contributed by atoms with Crippen molar-refractivity contribution in [3.8, 4) is 0 Å². The molecule has 1 aromatic rings. The molecular weight excluding hydrogens is 214 g/mol. The van der Waals surface area contributed by atoms with E-state index in [0.29, 0.717) is 22.9 Å². The highest BCUT2D eigenvalue weighted by Crippen LogP contribution is 2.12. The Morgan fingerprint density at radius 3 is 2.76 bits per heavy atom. The Labute approximate surface area is 103 Å². The summed E-state index contributed by atoms with van der Waals surface area (Å²) in [5.41, 5.74) is 7.41. The first-order valence-corrected chi connectivity index (χ1v) is 5.98. The fourth-order valence-electron chi connectivity index (χ4n) is 1.56. The lowest BCUT2D eigenvalue weighted by molar-refractivity contribution is 0.0927. The lowest BCUT2D eigenvalue weighted by Gasteiger charge is -2.20. The van der Waals surface area contributed by atoms with Crippen molar-refractivity contribution in [3.63, 3.8) is 0 Å². The molecule has 0 aliphatic heterocycles. The summed E-state index contributed by atoms with van der Waals surface area (Å²) in [5.74, 6) is 0.350. The summed E-state index contributed by atoms with van der Waals surface area (Å²) in [4.78, 5) is 16.1. The molecule has 0 aromatic carbocycles. The van der Waals surface area contributed by atoms with Gasteiger partial charge in [0.25, 0.3) is 5.91 Å². The maximum Gasteiger partial charge on any atom is 0.253 e. The highest BCUT2D eigenvalue weighted by Gasteiger charge is 2.16. The molecule has 0 bridgehead atoms. The SMILES string of the molecule is CCC(C)C(C)NC(=O)c1cc(N)cnc1C. The summed E-state index contributed by atoms with van der Waals surface area (Å²) >= 11 is 0. The number of nitrogens with two attached hydrogens (primary N) is 1. The second kappa shape index (κ2) is 5.66. The molecule has 4 heteroatoms. The number of hydrogen-bond donors (Lipinski definition) is 2. The standard InChI is InChI=1S/C13H21N3O/c1-5-8(2)9(3)16-13(17)12-6-11(14)7-15-10(12)4/h6-9H,5,14H2,1-4H3,(H,16,17). The number of hydrogen-bond acceptors (Lipinski definition) is 3. The van der Waals surface area contributed by atoms with Crippen LogP contribution in [-0.4, -0.2) is 16.9 Å². The van der Waals surface area contributed by atoms with Gasteiger partial charge in [-0.05, 0) is 25.8 Å². The third-order valence-electron chi connectivity index (χ3n) is 3.21. The molecule has 0 saturated carbocycles. The van der Waals surface area contributed by atoms with E-state index in [0.717, 1.165) is 6.42 Å². The molecule has 0 aliphatic carbocycles. The molecule has 0 saturated heterocycles. The number of nitrogen functional groups attached to an aromatic ring is 1. The van der Waals surface area contributed by atoms with Crippen LogP contribution < -0.4 is 11.1 Å². The molecule has 1 aromatic heterocycles. The first kappa shape index (κ1) is 13.5. The van der Waals surface area contributed by atoms with Crippen LogP contribution in [0.5, 0.6) is 0 Å². The zero-order chi connectivity index (χ0) is 13.0. The quantitative estimate of drug-likeness (QED) is 0.840. The van der Waals surface area contributed by atoms with Gasteiger partial charge >= 0.3 is 0 Å². The third kappa shape index (κ3) is 3.44. The summed E-state index contributed by atoms with van der Waals surface area (Å²) in [6.07, 6.45) is 2.60. The summed E-state index contributed by atoms with van der Waals surface area (Å²) < 4.78 is 0. The van der Waals surface area contributed by atoms with Crippen LogP contribution in [0.15, 0.2) is 12.3 Å². The zero-order valence-corrected chi connectivity index (χ0v) is 10.9. The van der Waals surface area contributed by atoms with Gasteiger partial charge in [-0.25, -0.2) is 0 Å². The number of anilines is 1. The maximum absolute atomic E-state index is 12.0. The van der Waals surface area contributed by atoms with Crippen molar-refractivity contribution in [2.24, 2.45) is 5.92 Å². The zero-order valence-electron chi connectivity index (χ0n) is 10.9. The molecule has 4 nitrogen and oxygen atoms in total. The molecule has 1 heterocycles. The monoisotopic (exact) mass is 235 g/mol. The number of nitrogens with zero attached hydrogens (tertiary/aromatic N) is 1. The van der Waals surface area contributed by atoms with Crippen LogP contribution >= 0.6 is 0 Å². The minimum atomic E-state index is -0.102. The van der Waals surface area contributed by atoms with Crippen molar-refractivity contribution in [3.05, 3.63) is 23.5 Å². The van der Waals surface area contributed by atoms with E-state index in [-0.39, 0.29) is 11.9 Å². The lowest BCUT2D eigenvalue weighted by Crippen LogP contribution is -2.37. The Bertz CT molecular complexity index is 404. The number of carbonyl (C=O) groups is 1. The third-order valence-corrected chi connectivity index (χ3v) is 3.21. The van der Waals surface area contributed by atoms with Crippen molar-refractivity contribution in [1.29, 1.82) is 0 Å². The fourth-order valence-corrected chi connectivity index (χ4v) is 1.56.